The molecule has 1 atom stereocenters. The van der Waals surface area contributed by atoms with Crippen LogP contribution in [0, 0.1) is 6.92 Å². The Morgan fingerprint density at radius 3 is 2.58 bits per heavy atom. The molecule has 100 valence electrons. The van der Waals surface area contributed by atoms with Crippen LogP contribution >= 0.6 is 11.3 Å². The highest BCUT2D eigenvalue weighted by molar-refractivity contribution is 7.09. The fraction of sp³-hybridized carbons (Fsp3) is 0.400. The highest BCUT2D eigenvalue weighted by atomic mass is 32.1. The number of nitrogens with zero attached hydrogens (tertiary/aromatic N) is 2. The normalized spacial score (nSPS) is 18.4. The number of piperazine rings is 1. The van der Waals surface area contributed by atoms with Gasteiger partial charge < -0.3 is 5.32 Å². The molecule has 0 bridgehead atoms. The summed E-state index contributed by atoms with van der Waals surface area (Å²) in [5.41, 5.74) is 2.66. The number of rotatable bonds is 3. The van der Waals surface area contributed by atoms with E-state index in [-0.39, 0.29) is 0 Å². The molecule has 1 aliphatic rings. The largest absolute Gasteiger partial charge is 0.314 e. The number of aryl methyl sites for hydroxylation is 1. The van der Waals surface area contributed by atoms with E-state index in [0.717, 1.165) is 26.2 Å². The zero-order chi connectivity index (χ0) is 13.1. The van der Waals surface area contributed by atoms with Crippen LogP contribution in [0.3, 0.4) is 0 Å². The van der Waals surface area contributed by atoms with Crippen LogP contribution in [0.1, 0.15) is 22.2 Å². The van der Waals surface area contributed by atoms with Crippen LogP contribution in [-0.4, -0.2) is 36.1 Å². The van der Waals surface area contributed by atoms with Gasteiger partial charge in [0.15, 0.2) is 0 Å². The summed E-state index contributed by atoms with van der Waals surface area (Å²) in [6, 6.07) is 9.17. The second-order valence-corrected chi connectivity index (χ2v) is 5.90. The summed E-state index contributed by atoms with van der Waals surface area (Å²) in [6.45, 7) is 6.42. The summed E-state index contributed by atoms with van der Waals surface area (Å²) < 4.78 is 0. The Balaban J connectivity index is 1.93. The van der Waals surface area contributed by atoms with Crippen LogP contribution in [0.25, 0.3) is 0 Å². The van der Waals surface area contributed by atoms with Crippen molar-refractivity contribution in [3.8, 4) is 0 Å². The molecule has 1 aromatic carbocycles. The van der Waals surface area contributed by atoms with E-state index in [2.05, 4.69) is 51.8 Å². The monoisotopic (exact) mass is 273 g/mol. The van der Waals surface area contributed by atoms with Gasteiger partial charge in [0.25, 0.3) is 0 Å². The van der Waals surface area contributed by atoms with Gasteiger partial charge in [0.05, 0.1) is 6.04 Å². The Morgan fingerprint density at radius 1 is 1.21 bits per heavy atom. The molecule has 3 rings (SSSR count). The van der Waals surface area contributed by atoms with Gasteiger partial charge in [0.1, 0.15) is 5.01 Å². The third-order valence-electron chi connectivity index (χ3n) is 3.60. The first-order chi connectivity index (χ1) is 9.34. The van der Waals surface area contributed by atoms with Gasteiger partial charge in [-0.05, 0) is 12.5 Å². The van der Waals surface area contributed by atoms with Gasteiger partial charge in [-0.15, -0.1) is 11.3 Å². The summed E-state index contributed by atoms with van der Waals surface area (Å²) in [5.74, 6) is 0. The van der Waals surface area contributed by atoms with Crippen LogP contribution in [0.15, 0.2) is 35.8 Å². The first-order valence-electron chi connectivity index (χ1n) is 6.75. The Kier molecular flexibility index (Phi) is 3.92. The molecule has 1 fully saturated rings. The van der Waals surface area contributed by atoms with Gasteiger partial charge in [0, 0.05) is 37.8 Å². The molecule has 1 N–H and O–H groups in total. The van der Waals surface area contributed by atoms with Gasteiger partial charge in [-0.1, -0.05) is 29.8 Å². The van der Waals surface area contributed by atoms with E-state index >= 15 is 0 Å². The molecule has 1 aromatic heterocycles. The van der Waals surface area contributed by atoms with Crippen molar-refractivity contribution in [2.45, 2.75) is 13.0 Å². The van der Waals surface area contributed by atoms with E-state index in [1.165, 1.54) is 16.1 Å². The van der Waals surface area contributed by atoms with Crippen molar-refractivity contribution in [1.29, 1.82) is 0 Å². The van der Waals surface area contributed by atoms with Gasteiger partial charge in [-0.25, -0.2) is 4.98 Å². The summed E-state index contributed by atoms with van der Waals surface area (Å²) in [5, 5.41) is 6.68. The molecule has 3 nitrogen and oxygen atoms in total. The zero-order valence-electron chi connectivity index (χ0n) is 11.2. The molecule has 1 aliphatic heterocycles. The number of nitrogens with one attached hydrogen (secondary N) is 1. The Morgan fingerprint density at radius 2 is 1.95 bits per heavy atom. The Hall–Kier alpha value is -1.23. The smallest absolute Gasteiger partial charge is 0.114 e. The number of hydrogen-bond acceptors (Lipinski definition) is 4. The number of aromatic nitrogens is 1. The minimum absolute atomic E-state index is 0.308. The summed E-state index contributed by atoms with van der Waals surface area (Å²) in [4.78, 5) is 7.07. The molecule has 1 unspecified atom stereocenters. The SMILES string of the molecule is Cc1ccc(C(c2nccs2)N2CCNCC2)cc1. The third-order valence-corrected chi connectivity index (χ3v) is 4.42. The number of hydrogen-bond donors (Lipinski definition) is 1. The highest BCUT2D eigenvalue weighted by Crippen LogP contribution is 2.30. The van der Waals surface area contributed by atoms with Crippen molar-refractivity contribution >= 4 is 11.3 Å². The van der Waals surface area contributed by atoms with Crippen molar-refractivity contribution in [1.82, 2.24) is 15.2 Å². The van der Waals surface area contributed by atoms with Crippen molar-refractivity contribution in [3.63, 3.8) is 0 Å². The van der Waals surface area contributed by atoms with Crippen LogP contribution in [0.2, 0.25) is 0 Å². The summed E-state index contributed by atoms with van der Waals surface area (Å²) in [6.07, 6.45) is 1.91. The van der Waals surface area contributed by atoms with E-state index in [1.54, 1.807) is 11.3 Å². The molecule has 2 aromatic rings. The van der Waals surface area contributed by atoms with Crippen LogP contribution in [-0.2, 0) is 0 Å². The van der Waals surface area contributed by atoms with Gasteiger partial charge in [-0.3, -0.25) is 4.90 Å². The van der Waals surface area contributed by atoms with E-state index in [1.807, 2.05) is 6.20 Å². The van der Waals surface area contributed by atoms with Crippen molar-refractivity contribution in [2.75, 3.05) is 26.2 Å². The molecule has 19 heavy (non-hydrogen) atoms. The zero-order valence-corrected chi connectivity index (χ0v) is 12.0. The lowest BCUT2D eigenvalue weighted by atomic mass is 10.0. The first-order valence-corrected chi connectivity index (χ1v) is 7.63. The second-order valence-electron chi connectivity index (χ2n) is 4.97. The molecular formula is C15H19N3S. The molecule has 4 heteroatoms. The predicted molar refractivity (Wildman–Crippen MR) is 79.6 cm³/mol. The second kappa shape index (κ2) is 5.82. The third kappa shape index (κ3) is 2.86. The van der Waals surface area contributed by atoms with E-state index in [0.29, 0.717) is 6.04 Å². The Bertz CT molecular complexity index is 501. The molecule has 0 saturated carbocycles. The minimum Gasteiger partial charge on any atom is -0.314 e. The van der Waals surface area contributed by atoms with E-state index < -0.39 is 0 Å². The lowest BCUT2D eigenvalue weighted by Crippen LogP contribution is -2.45. The maximum absolute atomic E-state index is 4.55. The fourth-order valence-electron chi connectivity index (χ4n) is 2.57. The average molecular weight is 273 g/mol. The van der Waals surface area contributed by atoms with Crippen LogP contribution < -0.4 is 5.32 Å². The minimum atomic E-state index is 0.308. The lowest BCUT2D eigenvalue weighted by Gasteiger charge is -2.34. The quantitative estimate of drug-likeness (QED) is 0.931. The molecular weight excluding hydrogens is 254 g/mol. The van der Waals surface area contributed by atoms with Crippen molar-refractivity contribution in [3.05, 3.63) is 52.0 Å². The molecule has 0 spiro atoms. The van der Waals surface area contributed by atoms with Gasteiger partial charge in [-0.2, -0.15) is 0 Å². The maximum atomic E-state index is 4.55. The number of thiazole rings is 1. The molecule has 2 heterocycles. The average Bonchev–Trinajstić information content (AvgIpc) is 2.96. The van der Waals surface area contributed by atoms with Crippen LogP contribution in [0.5, 0.6) is 0 Å². The summed E-state index contributed by atoms with van der Waals surface area (Å²) in [7, 11) is 0. The van der Waals surface area contributed by atoms with Crippen molar-refractivity contribution in [2.24, 2.45) is 0 Å². The molecule has 0 aliphatic carbocycles. The van der Waals surface area contributed by atoms with Gasteiger partial charge >= 0.3 is 0 Å². The van der Waals surface area contributed by atoms with Crippen LogP contribution in [0.4, 0.5) is 0 Å². The lowest BCUT2D eigenvalue weighted by molar-refractivity contribution is 0.198. The highest BCUT2D eigenvalue weighted by Gasteiger charge is 2.25. The topological polar surface area (TPSA) is 28.2 Å². The first kappa shape index (κ1) is 12.8. The number of benzene rings is 1. The molecule has 1 saturated heterocycles. The van der Waals surface area contributed by atoms with Gasteiger partial charge in [0.2, 0.25) is 0 Å². The molecule has 0 amide bonds. The molecule has 0 radical (unpaired) electrons. The summed E-state index contributed by atoms with van der Waals surface area (Å²) >= 11 is 1.75. The maximum Gasteiger partial charge on any atom is 0.114 e. The fourth-order valence-corrected chi connectivity index (χ4v) is 3.37. The Labute approximate surface area is 118 Å². The van der Waals surface area contributed by atoms with Crippen molar-refractivity contribution < 1.29 is 0 Å². The van der Waals surface area contributed by atoms with E-state index in [4.69, 9.17) is 0 Å². The standard InChI is InChI=1S/C15H19N3S/c1-12-2-4-13(5-3-12)14(15-17-8-11-19-15)18-9-6-16-7-10-18/h2-5,8,11,14,16H,6-7,9-10H2,1H3. The van der Waals surface area contributed by atoms with E-state index in [9.17, 15) is 0 Å². The predicted octanol–water partition coefficient (Wildman–Crippen LogP) is 2.45.